The summed E-state index contributed by atoms with van der Waals surface area (Å²) in [7, 11) is 0. The molecule has 0 amide bonds. The predicted octanol–water partition coefficient (Wildman–Crippen LogP) is 6.85. The molecule has 0 bridgehead atoms. The summed E-state index contributed by atoms with van der Waals surface area (Å²) < 4.78 is 6.01. The number of rotatable bonds is 10. The molecule has 3 aromatic rings. The van der Waals surface area contributed by atoms with Crippen molar-refractivity contribution in [3.8, 4) is 17.2 Å². The third-order valence-corrected chi connectivity index (χ3v) is 9.57. The van der Waals surface area contributed by atoms with Gasteiger partial charge in [-0.3, -0.25) is 9.59 Å². The van der Waals surface area contributed by atoms with Gasteiger partial charge in [0.25, 0.3) is 0 Å². The maximum Gasteiger partial charge on any atom is 0.161 e. The molecule has 1 fully saturated rings. The maximum atomic E-state index is 13.6. The fourth-order valence-corrected chi connectivity index (χ4v) is 7.21. The number of aromatic nitrogens is 1. The summed E-state index contributed by atoms with van der Waals surface area (Å²) in [4.78, 5) is 31.1. The van der Waals surface area contributed by atoms with Gasteiger partial charge in [0.05, 0.1) is 12.5 Å². The number of allylic oxidation sites excluding steroid dienone is 1. The predicted molar refractivity (Wildman–Crippen MR) is 162 cm³/mol. The number of Topliss-reactive ketones (excluding diaryl/α,β-unsaturated/α-hetero) is 2. The molecule has 0 radical (unpaired) electrons. The second-order valence-corrected chi connectivity index (χ2v) is 12.4. The highest BCUT2D eigenvalue weighted by molar-refractivity contribution is 6.01. The van der Waals surface area contributed by atoms with Gasteiger partial charge < -0.3 is 19.9 Å². The molecule has 2 aromatic carbocycles. The number of nitrogens with zero attached hydrogens (tertiary/aromatic N) is 1. The Labute approximate surface area is 247 Å². The Hall–Kier alpha value is -3.80. The average Bonchev–Trinajstić information content (AvgIpc) is 3.63. The number of carbonyl (C=O) groups excluding carboxylic acids is 2. The lowest BCUT2D eigenvalue weighted by molar-refractivity contribution is -0.128. The summed E-state index contributed by atoms with van der Waals surface area (Å²) in [6.45, 7) is 0. The van der Waals surface area contributed by atoms with Crippen molar-refractivity contribution in [2.45, 2.75) is 89.1 Å². The number of aromatic hydroxyl groups is 2. The molecular formula is C36H40NO5-. The van der Waals surface area contributed by atoms with Gasteiger partial charge in [0.1, 0.15) is 17.3 Å². The molecule has 0 spiro atoms. The number of aryl methyl sites for hydroxylation is 2. The van der Waals surface area contributed by atoms with E-state index in [4.69, 9.17) is 4.74 Å². The number of hydrogen-bond donors (Lipinski definition) is 2. The largest absolute Gasteiger partial charge is 0.664 e. The van der Waals surface area contributed by atoms with E-state index in [-0.39, 0.29) is 48.1 Å². The maximum absolute atomic E-state index is 13.6. The Kier molecular flexibility index (Phi) is 8.50. The lowest BCUT2D eigenvalue weighted by Crippen LogP contribution is -2.27. The number of benzene rings is 2. The van der Waals surface area contributed by atoms with Gasteiger partial charge in [-0.05, 0) is 111 Å². The Balaban J connectivity index is 1.08. The van der Waals surface area contributed by atoms with Crippen molar-refractivity contribution in [3.05, 3.63) is 82.7 Å². The fourth-order valence-electron chi connectivity index (χ4n) is 7.21. The van der Waals surface area contributed by atoms with Crippen molar-refractivity contribution in [1.82, 2.24) is 4.98 Å². The van der Waals surface area contributed by atoms with Crippen LogP contribution >= 0.6 is 0 Å². The molecule has 0 saturated heterocycles. The summed E-state index contributed by atoms with van der Waals surface area (Å²) in [5.41, 5.74) is 5.23. The van der Waals surface area contributed by atoms with Gasteiger partial charge in [0, 0.05) is 12.3 Å². The van der Waals surface area contributed by atoms with Gasteiger partial charge in [0.15, 0.2) is 11.5 Å². The van der Waals surface area contributed by atoms with E-state index in [1.165, 1.54) is 5.56 Å². The van der Waals surface area contributed by atoms with E-state index in [0.29, 0.717) is 23.8 Å². The van der Waals surface area contributed by atoms with Crippen molar-refractivity contribution >= 4 is 17.6 Å². The number of ether oxygens (including phenoxy) is 1. The molecule has 2 N–H and O–H groups in total. The third kappa shape index (κ3) is 6.33. The summed E-state index contributed by atoms with van der Waals surface area (Å²) in [6, 6.07) is 13.1. The van der Waals surface area contributed by atoms with Crippen LogP contribution in [0.15, 0.2) is 54.7 Å². The van der Waals surface area contributed by atoms with E-state index in [1.54, 1.807) is 12.1 Å². The van der Waals surface area contributed by atoms with Crippen molar-refractivity contribution in [3.63, 3.8) is 0 Å². The Morgan fingerprint density at radius 2 is 1.79 bits per heavy atom. The fraction of sp³-hybridized carbons (Fsp3) is 0.444. The minimum absolute atomic E-state index is 0.00000183. The van der Waals surface area contributed by atoms with Gasteiger partial charge in [0.2, 0.25) is 0 Å². The lowest BCUT2D eigenvalue weighted by atomic mass is 9.73. The smallest absolute Gasteiger partial charge is 0.161 e. The monoisotopic (exact) mass is 566 g/mol. The highest BCUT2D eigenvalue weighted by atomic mass is 16.5. The SMILES string of the molecule is O=C(CCc1ccc(O)c(OC2CCCC2)c1)CC(=O)C1C=Cc2[n-]ccc2C1CC1CCc2cccc(O)c2CC1. The molecular weight excluding hydrogens is 526 g/mol. The second-order valence-electron chi connectivity index (χ2n) is 12.4. The van der Waals surface area contributed by atoms with E-state index in [1.807, 2.05) is 42.6 Å². The average molecular weight is 567 g/mol. The molecule has 6 nitrogen and oxygen atoms in total. The van der Waals surface area contributed by atoms with Crippen molar-refractivity contribution in [1.29, 1.82) is 0 Å². The van der Waals surface area contributed by atoms with Crippen molar-refractivity contribution in [2.75, 3.05) is 0 Å². The molecule has 1 aromatic heterocycles. The lowest BCUT2D eigenvalue weighted by Gasteiger charge is -2.32. The quantitative estimate of drug-likeness (QED) is 0.206. The minimum Gasteiger partial charge on any atom is -0.664 e. The van der Waals surface area contributed by atoms with Crippen LogP contribution in [0.3, 0.4) is 0 Å². The van der Waals surface area contributed by atoms with Gasteiger partial charge in [-0.2, -0.15) is 6.20 Å². The minimum atomic E-state index is -0.343. The van der Waals surface area contributed by atoms with E-state index in [0.717, 1.165) is 80.2 Å². The first kappa shape index (κ1) is 28.3. The van der Waals surface area contributed by atoms with Crippen LogP contribution in [0.25, 0.3) is 6.08 Å². The number of phenols is 2. The van der Waals surface area contributed by atoms with Crippen LogP contribution in [0, 0.1) is 11.8 Å². The van der Waals surface area contributed by atoms with Gasteiger partial charge in [-0.15, -0.1) is 5.69 Å². The highest BCUT2D eigenvalue weighted by Gasteiger charge is 2.33. The van der Waals surface area contributed by atoms with Crippen LogP contribution in [-0.4, -0.2) is 27.9 Å². The zero-order valence-corrected chi connectivity index (χ0v) is 24.1. The Bertz CT molecular complexity index is 1460. The van der Waals surface area contributed by atoms with Gasteiger partial charge >= 0.3 is 0 Å². The van der Waals surface area contributed by atoms with Crippen LogP contribution in [0.5, 0.6) is 17.2 Å². The molecule has 220 valence electrons. The van der Waals surface area contributed by atoms with Crippen LogP contribution in [0.4, 0.5) is 0 Å². The Morgan fingerprint density at radius 1 is 0.952 bits per heavy atom. The summed E-state index contributed by atoms with van der Waals surface area (Å²) in [6.07, 6.45) is 15.4. The van der Waals surface area contributed by atoms with Crippen LogP contribution in [-0.2, 0) is 28.9 Å². The third-order valence-electron chi connectivity index (χ3n) is 9.57. The number of phenolic OH excluding ortho intramolecular Hbond substituents is 2. The van der Waals surface area contributed by atoms with Crippen molar-refractivity contribution < 1.29 is 24.5 Å². The Morgan fingerprint density at radius 3 is 2.64 bits per heavy atom. The second kappa shape index (κ2) is 12.6. The summed E-state index contributed by atoms with van der Waals surface area (Å²) in [5.74, 6) is 0.964. The molecule has 1 heterocycles. The van der Waals surface area contributed by atoms with E-state index in [2.05, 4.69) is 11.1 Å². The van der Waals surface area contributed by atoms with Crippen molar-refractivity contribution in [2.24, 2.45) is 11.8 Å². The van der Waals surface area contributed by atoms with E-state index >= 15 is 0 Å². The number of ketones is 2. The summed E-state index contributed by atoms with van der Waals surface area (Å²) in [5, 5.41) is 20.6. The van der Waals surface area contributed by atoms with Crippen LogP contribution < -0.4 is 9.72 Å². The first-order chi connectivity index (χ1) is 20.4. The number of carbonyl (C=O) groups is 2. The molecule has 1 saturated carbocycles. The first-order valence-electron chi connectivity index (χ1n) is 15.6. The topological polar surface area (TPSA) is 97.9 Å². The highest BCUT2D eigenvalue weighted by Crippen LogP contribution is 2.42. The zero-order chi connectivity index (χ0) is 29.1. The zero-order valence-electron chi connectivity index (χ0n) is 24.1. The molecule has 3 aliphatic rings. The standard InChI is InChI=1S/C36H40NO5/c38-26(13-9-24-11-17-34(40)36(21-24)42-27-5-1-2-6-27)22-35(41)30-15-16-32-29(18-19-37-32)31(30)20-23-8-12-25-4-3-7-33(39)28(25)14-10-23/h3-4,7,11,15-19,21,23,27,30-31,39-40H,1-2,5-6,8-10,12-14,20,22H2/q-1. The van der Waals surface area contributed by atoms with Gasteiger partial charge in [-0.1, -0.05) is 42.0 Å². The molecule has 42 heavy (non-hydrogen) atoms. The molecule has 3 aliphatic carbocycles. The van der Waals surface area contributed by atoms with Gasteiger partial charge in [-0.25, -0.2) is 0 Å². The molecule has 3 atom stereocenters. The first-order valence-corrected chi connectivity index (χ1v) is 15.6. The molecule has 3 unspecified atom stereocenters. The number of hydrogen-bond acceptors (Lipinski definition) is 5. The van der Waals surface area contributed by atoms with E-state index < -0.39 is 0 Å². The molecule has 6 rings (SSSR count). The number of fused-ring (bicyclic) bond motifs is 2. The van der Waals surface area contributed by atoms with E-state index in [9.17, 15) is 19.8 Å². The normalized spacial score (nSPS) is 21.9. The van der Waals surface area contributed by atoms with Crippen LogP contribution in [0.1, 0.15) is 91.7 Å². The molecule has 0 aliphatic heterocycles. The van der Waals surface area contributed by atoms with Crippen LogP contribution in [0.2, 0.25) is 0 Å². The molecule has 6 heteroatoms. The summed E-state index contributed by atoms with van der Waals surface area (Å²) >= 11 is 0.